The molecular weight excluding hydrogens is 316 g/mol. The summed E-state index contributed by atoms with van der Waals surface area (Å²) in [6.07, 6.45) is 0. The molecule has 3 aromatic rings. The maximum Gasteiger partial charge on any atom is 0.258 e. The van der Waals surface area contributed by atoms with E-state index in [0.29, 0.717) is 11.3 Å². The lowest BCUT2D eigenvalue weighted by atomic mass is 10.1. The van der Waals surface area contributed by atoms with E-state index in [1.54, 1.807) is 0 Å². The van der Waals surface area contributed by atoms with Crippen LogP contribution >= 0.6 is 0 Å². The number of amides is 1. The van der Waals surface area contributed by atoms with Gasteiger partial charge in [-0.2, -0.15) is 0 Å². The highest BCUT2D eigenvalue weighted by Gasteiger charge is 2.09. The minimum Gasteiger partial charge on any atom is -0.483 e. The van der Waals surface area contributed by atoms with Crippen molar-refractivity contribution in [2.24, 2.45) is 0 Å². The molecule has 1 amide bonds. The van der Waals surface area contributed by atoms with Crippen molar-refractivity contribution >= 4 is 16.7 Å². The quantitative estimate of drug-likeness (QED) is 0.752. The van der Waals surface area contributed by atoms with E-state index in [-0.39, 0.29) is 24.6 Å². The van der Waals surface area contributed by atoms with Crippen molar-refractivity contribution < 1.29 is 9.53 Å². The van der Waals surface area contributed by atoms with Gasteiger partial charge in [-0.15, -0.1) is 0 Å². The van der Waals surface area contributed by atoms with Crippen LogP contribution in [0.4, 0.5) is 0 Å². The molecule has 5 heteroatoms. The number of H-pyrrole nitrogens is 1. The Balaban J connectivity index is 1.63. The number of hydrogen-bond donors (Lipinski definition) is 2. The van der Waals surface area contributed by atoms with Gasteiger partial charge in [0, 0.05) is 23.2 Å². The number of carbonyl (C=O) groups excluding carboxylic acids is 1. The predicted molar refractivity (Wildman–Crippen MR) is 97.8 cm³/mol. The third-order valence-electron chi connectivity index (χ3n) is 4.06. The fourth-order valence-corrected chi connectivity index (χ4v) is 2.80. The van der Waals surface area contributed by atoms with Gasteiger partial charge < -0.3 is 15.0 Å². The highest BCUT2D eigenvalue weighted by atomic mass is 16.5. The van der Waals surface area contributed by atoms with Crippen LogP contribution in [0.1, 0.15) is 16.8 Å². The maximum absolute atomic E-state index is 12.1. The summed E-state index contributed by atoms with van der Waals surface area (Å²) in [6, 6.07) is 15.5. The SMILES string of the molecule is Cc1cc(C)c(CNC(=O)COc2cccc3ccccc23)c(=O)[nH]1. The zero-order valence-electron chi connectivity index (χ0n) is 14.3. The maximum atomic E-state index is 12.1. The van der Waals surface area contributed by atoms with Gasteiger partial charge in [0.15, 0.2) is 6.61 Å². The molecule has 0 aliphatic carbocycles. The zero-order chi connectivity index (χ0) is 17.8. The Bertz CT molecular complexity index is 971. The number of aryl methyl sites for hydroxylation is 2. The summed E-state index contributed by atoms with van der Waals surface area (Å²) in [5, 5.41) is 4.75. The molecule has 0 fully saturated rings. The molecule has 0 aliphatic heterocycles. The number of carbonyl (C=O) groups is 1. The average molecular weight is 336 g/mol. The molecule has 1 aromatic heterocycles. The first-order valence-corrected chi connectivity index (χ1v) is 8.11. The topological polar surface area (TPSA) is 71.2 Å². The molecule has 0 aliphatic rings. The van der Waals surface area contributed by atoms with Crippen molar-refractivity contribution in [2.75, 3.05) is 6.61 Å². The molecule has 1 heterocycles. The van der Waals surface area contributed by atoms with E-state index in [9.17, 15) is 9.59 Å². The molecule has 0 unspecified atom stereocenters. The largest absolute Gasteiger partial charge is 0.483 e. The predicted octanol–water partition coefficient (Wildman–Crippen LogP) is 2.84. The third-order valence-corrected chi connectivity index (χ3v) is 4.06. The van der Waals surface area contributed by atoms with Gasteiger partial charge in [-0.3, -0.25) is 9.59 Å². The summed E-state index contributed by atoms with van der Waals surface area (Å²) in [5.74, 6) is 0.393. The Labute approximate surface area is 145 Å². The fourth-order valence-electron chi connectivity index (χ4n) is 2.80. The lowest BCUT2D eigenvalue weighted by molar-refractivity contribution is -0.123. The summed E-state index contributed by atoms with van der Waals surface area (Å²) in [4.78, 5) is 26.8. The van der Waals surface area contributed by atoms with Crippen LogP contribution in [0.5, 0.6) is 5.75 Å². The molecule has 128 valence electrons. The van der Waals surface area contributed by atoms with Gasteiger partial charge in [-0.05, 0) is 36.9 Å². The number of aromatic amines is 1. The summed E-state index contributed by atoms with van der Waals surface area (Å²) in [7, 11) is 0. The van der Waals surface area contributed by atoms with Crippen molar-refractivity contribution in [3.8, 4) is 5.75 Å². The normalized spacial score (nSPS) is 10.6. The van der Waals surface area contributed by atoms with Gasteiger partial charge in [-0.1, -0.05) is 36.4 Å². The number of rotatable bonds is 5. The van der Waals surface area contributed by atoms with Gasteiger partial charge in [-0.25, -0.2) is 0 Å². The number of pyridine rings is 1. The standard InChI is InChI=1S/C20H20N2O3/c1-13-10-14(2)22-20(24)17(13)11-21-19(23)12-25-18-9-5-7-15-6-3-4-8-16(15)18/h3-10H,11-12H2,1-2H3,(H,21,23)(H,22,24). The van der Waals surface area contributed by atoms with Crippen LogP contribution in [-0.4, -0.2) is 17.5 Å². The van der Waals surface area contributed by atoms with Crippen molar-refractivity contribution in [3.63, 3.8) is 0 Å². The van der Waals surface area contributed by atoms with E-state index in [4.69, 9.17) is 4.74 Å². The smallest absolute Gasteiger partial charge is 0.258 e. The molecule has 5 nitrogen and oxygen atoms in total. The van der Waals surface area contributed by atoms with Gasteiger partial charge in [0.05, 0.1) is 0 Å². The molecule has 3 rings (SSSR count). The van der Waals surface area contributed by atoms with Crippen LogP contribution in [0.15, 0.2) is 53.3 Å². The first kappa shape index (κ1) is 16.8. The monoisotopic (exact) mass is 336 g/mol. The highest BCUT2D eigenvalue weighted by Crippen LogP contribution is 2.24. The van der Waals surface area contributed by atoms with E-state index >= 15 is 0 Å². The molecule has 0 saturated carbocycles. The van der Waals surface area contributed by atoms with Crippen molar-refractivity contribution in [1.82, 2.24) is 10.3 Å². The Morgan fingerprint density at radius 1 is 1.12 bits per heavy atom. The molecule has 2 aromatic carbocycles. The second-order valence-electron chi connectivity index (χ2n) is 5.99. The molecule has 2 N–H and O–H groups in total. The van der Waals surface area contributed by atoms with Gasteiger partial charge in [0.25, 0.3) is 11.5 Å². The van der Waals surface area contributed by atoms with Gasteiger partial charge >= 0.3 is 0 Å². The second-order valence-corrected chi connectivity index (χ2v) is 5.99. The summed E-state index contributed by atoms with van der Waals surface area (Å²) in [6.45, 7) is 3.76. The summed E-state index contributed by atoms with van der Waals surface area (Å²) < 4.78 is 5.65. The zero-order valence-corrected chi connectivity index (χ0v) is 14.3. The molecule has 0 bridgehead atoms. The number of hydrogen-bond acceptors (Lipinski definition) is 3. The third kappa shape index (κ3) is 3.88. The van der Waals surface area contributed by atoms with Crippen LogP contribution in [0.2, 0.25) is 0 Å². The van der Waals surface area contributed by atoms with Crippen LogP contribution in [-0.2, 0) is 11.3 Å². The van der Waals surface area contributed by atoms with Gasteiger partial charge in [0.2, 0.25) is 0 Å². The average Bonchev–Trinajstić information content (AvgIpc) is 2.59. The summed E-state index contributed by atoms with van der Waals surface area (Å²) >= 11 is 0. The van der Waals surface area contributed by atoms with E-state index in [1.807, 2.05) is 62.4 Å². The number of aromatic nitrogens is 1. The first-order valence-electron chi connectivity index (χ1n) is 8.11. The molecule has 25 heavy (non-hydrogen) atoms. The van der Waals surface area contributed by atoms with E-state index in [0.717, 1.165) is 22.0 Å². The molecule has 0 radical (unpaired) electrons. The van der Waals surface area contributed by atoms with Crippen molar-refractivity contribution in [1.29, 1.82) is 0 Å². The Kier molecular flexibility index (Phi) is 4.84. The van der Waals surface area contributed by atoms with Crippen molar-refractivity contribution in [3.05, 3.63) is 75.7 Å². The number of nitrogens with one attached hydrogen (secondary N) is 2. The van der Waals surface area contributed by atoms with Crippen LogP contribution in [0.25, 0.3) is 10.8 Å². The Hall–Kier alpha value is -3.08. The van der Waals surface area contributed by atoms with Crippen LogP contribution in [0, 0.1) is 13.8 Å². The van der Waals surface area contributed by atoms with Crippen LogP contribution in [0.3, 0.4) is 0 Å². The number of benzene rings is 2. The fraction of sp³-hybridized carbons (Fsp3) is 0.200. The minimum atomic E-state index is -0.271. The lowest BCUT2D eigenvalue weighted by Crippen LogP contribution is -2.31. The van der Waals surface area contributed by atoms with E-state index < -0.39 is 0 Å². The van der Waals surface area contributed by atoms with E-state index in [2.05, 4.69) is 10.3 Å². The number of fused-ring (bicyclic) bond motifs is 1. The second kappa shape index (κ2) is 7.21. The molecule has 0 atom stereocenters. The first-order chi connectivity index (χ1) is 12.0. The van der Waals surface area contributed by atoms with Crippen LogP contribution < -0.4 is 15.6 Å². The van der Waals surface area contributed by atoms with Gasteiger partial charge in [0.1, 0.15) is 5.75 Å². The highest BCUT2D eigenvalue weighted by molar-refractivity contribution is 5.88. The molecular formula is C20H20N2O3. The van der Waals surface area contributed by atoms with Crippen molar-refractivity contribution in [2.45, 2.75) is 20.4 Å². The minimum absolute atomic E-state index is 0.100. The van der Waals surface area contributed by atoms with E-state index in [1.165, 1.54) is 0 Å². The Morgan fingerprint density at radius 3 is 2.68 bits per heavy atom. The molecule has 0 spiro atoms. The summed E-state index contributed by atoms with van der Waals surface area (Å²) in [5.41, 5.74) is 2.05. The molecule has 0 saturated heterocycles. The lowest BCUT2D eigenvalue weighted by Gasteiger charge is -2.11. The number of ether oxygens (including phenoxy) is 1. The Morgan fingerprint density at radius 2 is 1.88 bits per heavy atom.